The minimum Gasteiger partial charge on any atom is -0.478 e. The fourth-order valence-corrected chi connectivity index (χ4v) is 1.71. The minimum atomic E-state index is -4.63. The predicted octanol–water partition coefficient (Wildman–Crippen LogP) is 3.01. The maximum absolute atomic E-state index is 12.3. The number of hydrogen-bond donors (Lipinski definition) is 1. The Bertz CT molecular complexity index is 373. The van der Waals surface area contributed by atoms with E-state index in [1.165, 1.54) is 12.1 Å². The zero-order valence-corrected chi connectivity index (χ0v) is 8.76. The van der Waals surface area contributed by atoms with Gasteiger partial charge >= 0.3 is 12.1 Å². The molecular formula is C8H4F3IO2. The topological polar surface area (TPSA) is 37.3 Å². The van der Waals surface area contributed by atoms with Gasteiger partial charge in [-0.2, -0.15) is 13.2 Å². The largest absolute Gasteiger partial charge is 0.478 e. The summed E-state index contributed by atoms with van der Waals surface area (Å²) in [6, 6.07) is 3.25. The molecule has 0 saturated heterocycles. The quantitative estimate of drug-likeness (QED) is 0.809. The van der Waals surface area contributed by atoms with Crippen LogP contribution in [-0.2, 0) is 6.18 Å². The predicted molar refractivity (Wildman–Crippen MR) is 51.1 cm³/mol. The first kappa shape index (κ1) is 11.3. The van der Waals surface area contributed by atoms with Crippen molar-refractivity contribution in [2.45, 2.75) is 6.18 Å². The van der Waals surface area contributed by atoms with Gasteiger partial charge in [0.25, 0.3) is 0 Å². The zero-order chi connectivity index (χ0) is 10.9. The van der Waals surface area contributed by atoms with Gasteiger partial charge in [-0.05, 0) is 34.7 Å². The van der Waals surface area contributed by atoms with E-state index in [1.54, 1.807) is 22.6 Å². The van der Waals surface area contributed by atoms with Crippen molar-refractivity contribution in [3.63, 3.8) is 0 Å². The van der Waals surface area contributed by atoms with Crippen molar-refractivity contribution in [1.29, 1.82) is 0 Å². The molecule has 0 spiro atoms. The van der Waals surface area contributed by atoms with E-state index in [1.807, 2.05) is 0 Å². The van der Waals surface area contributed by atoms with Gasteiger partial charge in [-0.15, -0.1) is 0 Å². The Morgan fingerprint density at radius 2 is 1.93 bits per heavy atom. The molecule has 14 heavy (non-hydrogen) atoms. The summed E-state index contributed by atoms with van der Waals surface area (Å²) in [5.41, 5.74) is -1.81. The molecule has 0 atom stereocenters. The number of alkyl halides is 3. The number of hydrogen-bond acceptors (Lipinski definition) is 1. The molecule has 0 aliphatic heterocycles. The van der Waals surface area contributed by atoms with Crippen molar-refractivity contribution in [2.75, 3.05) is 0 Å². The molecule has 0 heterocycles. The lowest BCUT2D eigenvalue weighted by molar-refractivity contribution is -0.138. The van der Waals surface area contributed by atoms with E-state index in [9.17, 15) is 18.0 Å². The van der Waals surface area contributed by atoms with Crippen LogP contribution in [-0.4, -0.2) is 11.1 Å². The van der Waals surface area contributed by atoms with E-state index in [0.717, 1.165) is 6.07 Å². The molecule has 1 rings (SSSR count). The first-order valence-corrected chi connectivity index (χ1v) is 4.51. The molecule has 76 valence electrons. The van der Waals surface area contributed by atoms with E-state index in [2.05, 4.69) is 0 Å². The van der Waals surface area contributed by atoms with Gasteiger partial charge in [-0.25, -0.2) is 4.79 Å². The second-order valence-corrected chi connectivity index (χ2v) is 3.63. The normalized spacial score (nSPS) is 11.4. The molecule has 0 radical (unpaired) electrons. The van der Waals surface area contributed by atoms with Crippen molar-refractivity contribution in [2.24, 2.45) is 0 Å². The molecule has 0 unspecified atom stereocenters. The Kier molecular flexibility index (Phi) is 3.03. The Morgan fingerprint density at radius 3 is 2.29 bits per heavy atom. The molecule has 0 amide bonds. The number of carbonyl (C=O) groups is 1. The van der Waals surface area contributed by atoms with Crippen LogP contribution >= 0.6 is 22.6 Å². The van der Waals surface area contributed by atoms with Crippen LogP contribution in [0.1, 0.15) is 15.9 Å². The highest BCUT2D eigenvalue weighted by Gasteiger charge is 2.36. The van der Waals surface area contributed by atoms with Gasteiger partial charge in [-0.3, -0.25) is 0 Å². The highest BCUT2D eigenvalue weighted by atomic mass is 127. The Morgan fingerprint density at radius 1 is 1.36 bits per heavy atom. The molecule has 0 aliphatic carbocycles. The number of carboxylic acids is 1. The first-order valence-electron chi connectivity index (χ1n) is 3.43. The lowest BCUT2D eigenvalue weighted by Crippen LogP contribution is -2.14. The van der Waals surface area contributed by atoms with Crippen molar-refractivity contribution in [3.05, 3.63) is 32.9 Å². The summed E-state index contributed by atoms with van der Waals surface area (Å²) in [4.78, 5) is 10.6. The van der Waals surface area contributed by atoms with Gasteiger partial charge in [0, 0.05) is 3.57 Å². The summed E-state index contributed by atoms with van der Waals surface area (Å²) in [5.74, 6) is -1.57. The monoisotopic (exact) mass is 316 g/mol. The summed E-state index contributed by atoms with van der Waals surface area (Å²) in [5, 5.41) is 8.61. The molecule has 1 aromatic rings. The Hall–Kier alpha value is -0.790. The molecule has 0 aromatic heterocycles. The minimum absolute atomic E-state index is 0.0740. The average molecular weight is 316 g/mol. The molecule has 6 heteroatoms. The highest BCUT2D eigenvalue weighted by Crippen LogP contribution is 2.33. The standard InChI is InChI=1S/C8H4F3IO2/c9-8(10,11)4-2-1-3-5(12)6(4)7(13)14/h1-3H,(H,13,14). The number of carboxylic acid groups (broad SMARTS) is 1. The Balaban J connectivity index is 3.44. The van der Waals surface area contributed by atoms with Crippen LogP contribution in [0.25, 0.3) is 0 Å². The van der Waals surface area contributed by atoms with Crippen molar-refractivity contribution < 1.29 is 23.1 Å². The molecule has 0 aliphatic rings. The third kappa shape index (κ3) is 2.17. The second kappa shape index (κ2) is 3.76. The van der Waals surface area contributed by atoms with Crippen molar-refractivity contribution in [1.82, 2.24) is 0 Å². The third-order valence-corrected chi connectivity index (χ3v) is 2.43. The Labute approximate surface area is 90.9 Å². The van der Waals surface area contributed by atoms with E-state index < -0.39 is 23.3 Å². The zero-order valence-electron chi connectivity index (χ0n) is 6.60. The SMILES string of the molecule is O=C(O)c1c(I)cccc1C(F)(F)F. The van der Waals surface area contributed by atoms with Gasteiger partial charge in [0.05, 0.1) is 11.1 Å². The number of benzene rings is 1. The van der Waals surface area contributed by atoms with Crippen LogP contribution in [0.4, 0.5) is 13.2 Å². The number of halogens is 4. The third-order valence-electron chi connectivity index (χ3n) is 1.53. The second-order valence-electron chi connectivity index (χ2n) is 2.47. The smallest absolute Gasteiger partial charge is 0.417 e. The summed E-state index contributed by atoms with van der Waals surface area (Å²) in [6.45, 7) is 0. The van der Waals surface area contributed by atoms with Gasteiger partial charge < -0.3 is 5.11 Å². The van der Waals surface area contributed by atoms with Gasteiger partial charge in [0.15, 0.2) is 0 Å². The summed E-state index contributed by atoms with van der Waals surface area (Å²) < 4.78 is 37.0. The van der Waals surface area contributed by atoms with Gasteiger partial charge in [0.1, 0.15) is 0 Å². The molecular weight excluding hydrogens is 312 g/mol. The van der Waals surface area contributed by atoms with Crippen LogP contribution in [0.15, 0.2) is 18.2 Å². The summed E-state index contributed by atoms with van der Waals surface area (Å²) >= 11 is 1.56. The van der Waals surface area contributed by atoms with Crippen LogP contribution in [0.2, 0.25) is 0 Å². The average Bonchev–Trinajstić information content (AvgIpc) is 2.01. The number of rotatable bonds is 1. The molecule has 1 N–H and O–H groups in total. The first-order chi connectivity index (χ1) is 6.34. The van der Waals surface area contributed by atoms with Crippen LogP contribution in [0.3, 0.4) is 0 Å². The van der Waals surface area contributed by atoms with E-state index in [0.29, 0.717) is 0 Å². The molecule has 0 saturated carbocycles. The van der Waals surface area contributed by atoms with Crippen molar-refractivity contribution >= 4 is 28.6 Å². The molecule has 0 bridgehead atoms. The molecule has 2 nitrogen and oxygen atoms in total. The van der Waals surface area contributed by atoms with E-state index in [4.69, 9.17) is 5.11 Å². The van der Waals surface area contributed by atoms with Gasteiger partial charge in [0.2, 0.25) is 0 Å². The van der Waals surface area contributed by atoms with Crippen LogP contribution in [0, 0.1) is 3.57 Å². The fourth-order valence-electron chi connectivity index (χ4n) is 0.978. The number of aromatic carboxylic acids is 1. The van der Waals surface area contributed by atoms with Crippen LogP contribution in [0.5, 0.6) is 0 Å². The summed E-state index contributed by atoms with van der Waals surface area (Å²) in [6.07, 6.45) is -4.63. The lowest BCUT2D eigenvalue weighted by Gasteiger charge is -2.10. The maximum Gasteiger partial charge on any atom is 0.417 e. The summed E-state index contributed by atoms with van der Waals surface area (Å²) in [7, 11) is 0. The lowest BCUT2D eigenvalue weighted by atomic mass is 10.1. The van der Waals surface area contributed by atoms with E-state index >= 15 is 0 Å². The molecule has 0 fully saturated rings. The van der Waals surface area contributed by atoms with E-state index in [-0.39, 0.29) is 3.57 Å². The maximum atomic E-state index is 12.3. The van der Waals surface area contributed by atoms with Crippen LogP contribution < -0.4 is 0 Å². The highest BCUT2D eigenvalue weighted by molar-refractivity contribution is 14.1. The molecule has 1 aromatic carbocycles. The fraction of sp³-hybridized carbons (Fsp3) is 0.125. The van der Waals surface area contributed by atoms with Gasteiger partial charge in [-0.1, -0.05) is 6.07 Å². The van der Waals surface area contributed by atoms with Crippen molar-refractivity contribution in [3.8, 4) is 0 Å².